The normalized spacial score (nSPS) is 11.3. The first kappa shape index (κ1) is 14.5. The van der Waals surface area contributed by atoms with E-state index in [1.54, 1.807) is 17.7 Å². The Kier molecular flexibility index (Phi) is 3.95. The molecule has 0 spiro atoms. The number of hydrogen-bond donors (Lipinski definition) is 0. The van der Waals surface area contributed by atoms with Crippen LogP contribution < -0.4 is 4.74 Å². The third-order valence-corrected chi connectivity index (χ3v) is 4.87. The number of fused-ring (bicyclic) bond motifs is 1. The van der Waals surface area contributed by atoms with Gasteiger partial charge in [-0.15, -0.1) is 11.3 Å². The van der Waals surface area contributed by atoms with Crippen LogP contribution in [-0.2, 0) is 0 Å². The van der Waals surface area contributed by atoms with Gasteiger partial charge in [-0.1, -0.05) is 29.8 Å². The first-order valence-corrected chi connectivity index (χ1v) is 8.39. The summed E-state index contributed by atoms with van der Waals surface area (Å²) in [7, 11) is 0. The number of nitrogens with zero attached hydrogens (tertiary/aromatic N) is 2. The summed E-state index contributed by atoms with van der Waals surface area (Å²) in [4.78, 5) is 8.63. The molecule has 3 nitrogen and oxygen atoms in total. The first-order valence-electron chi connectivity index (χ1n) is 6.72. The van der Waals surface area contributed by atoms with Gasteiger partial charge in [-0.25, -0.2) is 9.97 Å². The van der Waals surface area contributed by atoms with E-state index in [1.807, 2.05) is 12.1 Å². The molecule has 2 heterocycles. The lowest BCUT2D eigenvalue weighted by molar-refractivity contribution is 0.460. The predicted octanol–water partition coefficient (Wildman–Crippen LogP) is 5.68. The maximum Gasteiger partial charge on any atom is 0.240 e. The van der Waals surface area contributed by atoms with E-state index in [-0.39, 0.29) is 0 Å². The molecule has 0 saturated heterocycles. The summed E-state index contributed by atoms with van der Waals surface area (Å²) >= 11 is 5.13. The van der Waals surface area contributed by atoms with E-state index in [2.05, 4.69) is 58.1 Å². The van der Waals surface area contributed by atoms with Crippen molar-refractivity contribution in [1.29, 1.82) is 0 Å². The molecule has 0 saturated carbocycles. The number of halogens is 1. The van der Waals surface area contributed by atoms with Gasteiger partial charge in [0.2, 0.25) is 5.88 Å². The lowest BCUT2D eigenvalue weighted by Gasteiger charge is -2.13. The zero-order valence-corrected chi connectivity index (χ0v) is 14.5. The van der Waals surface area contributed by atoms with Crippen LogP contribution in [0.25, 0.3) is 10.2 Å². The Labute approximate surface area is 136 Å². The van der Waals surface area contributed by atoms with Gasteiger partial charge in [0, 0.05) is 4.47 Å². The second-order valence-electron chi connectivity index (χ2n) is 5.21. The van der Waals surface area contributed by atoms with E-state index >= 15 is 0 Å². The van der Waals surface area contributed by atoms with Crippen molar-refractivity contribution >= 4 is 37.5 Å². The Morgan fingerprint density at radius 1 is 1.24 bits per heavy atom. The monoisotopic (exact) mass is 362 g/mol. The molecule has 0 amide bonds. The molecule has 0 unspecified atom stereocenters. The van der Waals surface area contributed by atoms with Crippen molar-refractivity contribution in [1.82, 2.24) is 9.97 Å². The van der Waals surface area contributed by atoms with Crippen LogP contribution in [0.15, 0.2) is 34.4 Å². The number of ether oxygens (including phenoxy) is 1. The van der Waals surface area contributed by atoms with Crippen molar-refractivity contribution in [3.8, 4) is 11.6 Å². The SMILES string of the molecule is Cc1csc2c(Oc3ccc(Br)cc3C(C)C)ncnc12. The van der Waals surface area contributed by atoms with Gasteiger partial charge >= 0.3 is 0 Å². The number of aryl methyl sites for hydroxylation is 1. The smallest absolute Gasteiger partial charge is 0.240 e. The molecule has 0 aliphatic carbocycles. The molecular weight excluding hydrogens is 348 g/mol. The van der Waals surface area contributed by atoms with Gasteiger partial charge in [0.25, 0.3) is 0 Å². The minimum Gasteiger partial charge on any atom is -0.437 e. The van der Waals surface area contributed by atoms with Crippen LogP contribution in [0.5, 0.6) is 11.6 Å². The van der Waals surface area contributed by atoms with Crippen LogP contribution in [0.2, 0.25) is 0 Å². The Hall–Kier alpha value is -1.46. The molecule has 2 aromatic heterocycles. The van der Waals surface area contributed by atoms with Crippen molar-refractivity contribution in [2.45, 2.75) is 26.7 Å². The molecular formula is C16H15BrN2OS. The summed E-state index contributed by atoms with van der Waals surface area (Å²) in [6.07, 6.45) is 1.56. The van der Waals surface area contributed by atoms with E-state index < -0.39 is 0 Å². The number of aromatic nitrogens is 2. The largest absolute Gasteiger partial charge is 0.437 e. The predicted molar refractivity (Wildman–Crippen MR) is 90.5 cm³/mol. The number of hydrogen-bond acceptors (Lipinski definition) is 4. The van der Waals surface area contributed by atoms with Crippen LogP contribution in [0.1, 0.15) is 30.9 Å². The molecule has 3 aromatic rings. The standard InChI is InChI=1S/C16H15BrN2OS/c1-9(2)12-6-11(17)4-5-13(12)20-16-15-14(18-8-19-16)10(3)7-21-15/h4-9H,1-3H3. The van der Waals surface area contributed by atoms with E-state index in [4.69, 9.17) is 4.74 Å². The number of rotatable bonds is 3. The minimum absolute atomic E-state index is 0.375. The fraction of sp³-hybridized carbons (Fsp3) is 0.250. The average Bonchev–Trinajstić information content (AvgIpc) is 2.83. The van der Waals surface area contributed by atoms with E-state index in [9.17, 15) is 0 Å². The van der Waals surface area contributed by atoms with Gasteiger partial charge in [-0.2, -0.15) is 0 Å². The minimum atomic E-state index is 0.375. The summed E-state index contributed by atoms with van der Waals surface area (Å²) in [6, 6.07) is 6.06. The topological polar surface area (TPSA) is 35.0 Å². The third kappa shape index (κ3) is 2.80. The summed E-state index contributed by atoms with van der Waals surface area (Å²) in [5, 5.41) is 2.08. The van der Waals surface area contributed by atoms with Crippen LogP contribution in [0.3, 0.4) is 0 Å². The van der Waals surface area contributed by atoms with Crippen molar-refractivity contribution < 1.29 is 4.74 Å². The highest BCUT2D eigenvalue weighted by Crippen LogP contribution is 2.36. The van der Waals surface area contributed by atoms with Crippen LogP contribution in [0.4, 0.5) is 0 Å². The molecule has 0 aliphatic rings. The highest BCUT2D eigenvalue weighted by atomic mass is 79.9. The summed E-state index contributed by atoms with van der Waals surface area (Å²) in [5.41, 5.74) is 3.28. The average molecular weight is 363 g/mol. The summed E-state index contributed by atoms with van der Waals surface area (Å²) < 4.78 is 8.14. The molecule has 108 valence electrons. The van der Waals surface area contributed by atoms with E-state index in [0.29, 0.717) is 11.8 Å². The maximum absolute atomic E-state index is 6.09. The van der Waals surface area contributed by atoms with Gasteiger partial charge < -0.3 is 4.74 Å². The molecule has 0 radical (unpaired) electrons. The second kappa shape index (κ2) is 5.73. The fourth-order valence-electron chi connectivity index (χ4n) is 2.19. The number of thiophene rings is 1. The maximum atomic E-state index is 6.09. The fourth-order valence-corrected chi connectivity index (χ4v) is 3.49. The van der Waals surface area contributed by atoms with E-state index in [1.165, 1.54) is 0 Å². The molecule has 0 atom stereocenters. The Balaban J connectivity index is 2.07. The zero-order chi connectivity index (χ0) is 15.0. The van der Waals surface area contributed by atoms with Crippen molar-refractivity contribution in [2.24, 2.45) is 0 Å². The van der Waals surface area contributed by atoms with Gasteiger partial charge in [0.05, 0.1) is 5.52 Å². The molecule has 0 aliphatic heterocycles. The molecule has 3 rings (SSSR count). The molecule has 0 N–H and O–H groups in total. The molecule has 0 bridgehead atoms. The van der Waals surface area contributed by atoms with Crippen LogP contribution in [-0.4, -0.2) is 9.97 Å². The van der Waals surface area contributed by atoms with Crippen molar-refractivity contribution in [2.75, 3.05) is 0 Å². The van der Waals surface area contributed by atoms with Gasteiger partial charge in [-0.3, -0.25) is 0 Å². The summed E-state index contributed by atoms with van der Waals surface area (Å²) in [5.74, 6) is 1.85. The second-order valence-corrected chi connectivity index (χ2v) is 7.01. The lowest BCUT2D eigenvalue weighted by Crippen LogP contribution is -1.96. The highest BCUT2D eigenvalue weighted by Gasteiger charge is 2.14. The van der Waals surface area contributed by atoms with Crippen LogP contribution in [0, 0.1) is 6.92 Å². The summed E-state index contributed by atoms with van der Waals surface area (Å²) in [6.45, 7) is 6.35. The third-order valence-electron chi connectivity index (χ3n) is 3.30. The van der Waals surface area contributed by atoms with E-state index in [0.717, 1.165) is 31.6 Å². The Morgan fingerprint density at radius 3 is 2.81 bits per heavy atom. The zero-order valence-electron chi connectivity index (χ0n) is 12.1. The molecule has 0 fully saturated rings. The number of benzene rings is 1. The lowest BCUT2D eigenvalue weighted by atomic mass is 10.0. The van der Waals surface area contributed by atoms with Crippen LogP contribution >= 0.6 is 27.3 Å². The van der Waals surface area contributed by atoms with Gasteiger partial charge in [0.15, 0.2) is 0 Å². The van der Waals surface area contributed by atoms with Crippen molar-refractivity contribution in [3.05, 3.63) is 45.5 Å². The van der Waals surface area contributed by atoms with Crippen molar-refractivity contribution in [3.63, 3.8) is 0 Å². The Bertz CT molecular complexity index is 798. The molecule has 1 aromatic carbocycles. The Morgan fingerprint density at radius 2 is 2.05 bits per heavy atom. The molecule has 5 heteroatoms. The van der Waals surface area contributed by atoms with Gasteiger partial charge in [-0.05, 0) is 47.5 Å². The molecule has 21 heavy (non-hydrogen) atoms. The first-order chi connectivity index (χ1) is 10.1. The quantitative estimate of drug-likeness (QED) is 0.601. The highest BCUT2D eigenvalue weighted by molar-refractivity contribution is 9.10. The van der Waals surface area contributed by atoms with Gasteiger partial charge in [0.1, 0.15) is 16.8 Å².